The van der Waals surface area contributed by atoms with Crippen LogP contribution in [-0.4, -0.2) is 0 Å². The standard InChI is InChI=1S/C15H4.C14H2.C13H4.C12H6.C11H4.C10H2.C9H4.C8H6.C7H4.C6H2.C5H4.C4H6.C3H4.C2H2.CH4.I2.HI.H3N5.H4N4.HN3.N2.H3N.Pt/c1-3-5-7-9-11-13-15-14-12-10-8-6-4-2;1-3-5-7-9-11-13-14-12-10-8-6-4-2;1-3-5-7-9-11-13-12-10-8-6-4-2;1-3-5-7-9-11-12-10-8-6-4-2;1-3-5-7-9-11-10-8-6-4-2;1-3-5-7-9-10-8-6-4-2;1-3-5-7-9-8-6-4-2;1-3-5-7-8-6-4-2;1-3-5-7-6-4-2;1-3-5-6-4-2;1-3-5-4-2;1-3-4-2;1-3-2;1-2;;1-2;;1-3-5-4-2;1-3-4-2;1-3-2;1-2;;/h1H,2H3;1-2H;1H,2H3;1-2H3;1H,2H3;1-2H;1H,2H3;1-2H3;1H,2H3;1-2H;1H,2H3;1-2H3;1H,2H3;1-2H;1H4;;1H;(H3,1,2,5);(H2,1,4)(H2,2,3);1H;;1H3;. The van der Waals surface area contributed by atoms with Crippen LogP contribution in [0.25, 0.3) is 10.4 Å². The molecule has 0 unspecified atom stereocenters. The number of nitrogens with zero attached hydrogens (tertiary/aromatic N) is 9. The van der Waals surface area contributed by atoms with Gasteiger partial charge in [-0.15, -0.1) is 144 Å². The second-order valence-corrected chi connectivity index (χ2v) is 13.9. The molecule has 15 nitrogen and oxygen atoms in total. The summed E-state index contributed by atoms with van der Waals surface area (Å²) in [7, 11) is 0. The first-order chi connectivity index (χ1) is 66.1. The Morgan fingerprint density at radius 1 is 0.223 bits per heavy atom. The minimum atomic E-state index is 0. The van der Waals surface area contributed by atoms with Gasteiger partial charge in [-0.1, -0.05) is 82.3 Å². The van der Waals surface area contributed by atoms with E-state index in [-0.39, 0.29) is 58.6 Å². The van der Waals surface area contributed by atoms with E-state index in [1.807, 2.05) is 13.8 Å². The van der Waals surface area contributed by atoms with Crippen LogP contribution in [0.3, 0.4) is 0 Å². The summed E-state index contributed by atoms with van der Waals surface area (Å²) in [6, 6.07) is 0. The molecule has 0 saturated carbocycles. The summed E-state index contributed by atoms with van der Waals surface area (Å²) in [6.07, 6.45) is 70.2. The molecule has 656 valence electrons. The van der Waals surface area contributed by atoms with Gasteiger partial charge in [-0.25, -0.2) is 0 Å². The molecule has 0 amide bonds. The summed E-state index contributed by atoms with van der Waals surface area (Å²) in [5.41, 5.74) is 18.1. The van der Waals surface area contributed by atoms with E-state index in [0.29, 0.717) is 0 Å². The van der Waals surface area contributed by atoms with Crippen LogP contribution < -0.4 is 23.7 Å². The maximum atomic E-state index is 6.86. The molecule has 0 aliphatic heterocycles. The van der Waals surface area contributed by atoms with Gasteiger partial charge in [0, 0.05) is 69.1 Å². The van der Waals surface area contributed by atoms with Crippen LogP contribution in [0.4, 0.5) is 0 Å². The summed E-state index contributed by atoms with van der Waals surface area (Å²) < 4.78 is 0. The predicted octanol–water partition coefficient (Wildman–Crippen LogP) is 12.2. The van der Waals surface area contributed by atoms with Crippen molar-refractivity contribution in [3.63, 3.8) is 0 Å². The first-order valence-electron chi connectivity index (χ1n) is 32.5. The molecular weight excluding hydrogens is 2230 g/mol. The number of nitrogens with one attached hydrogen (secondary N) is 2. The molecule has 0 heterocycles. The van der Waals surface area contributed by atoms with E-state index in [1.54, 1.807) is 81.1 Å². The number of terminal acetylenes is 14. The summed E-state index contributed by atoms with van der Waals surface area (Å²) in [4.78, 5) is 1.75. The zero-order valence-electron chi connectivity index (χ0n) is 76.1. The van der Waals surface area contributed by atoms with E-state index in [0.717, 1.165) is 0 Å². The van der Waals surface area contributed by atoms with Gasteiger partial charge in [0.2, 0.25) is 0 Å². The Kier molecular flexibility index (Phi) is 348. The molecule has 0 radical (unpaired) electrons. The fourth-order valence-corrected chi connectivity index (χ4v) is 2.46. The second kappa shape index (κ2) is 273. The van der Waals surface area contributed by atoms with E-state index >= 15 is 0 Å². The van der Waals surface area contributed by atoms with Gasteiger partial charge in [0.15, 0.2) is 0 Å². The van der Waals surface area contributed by atoms with Gasteiger partial charge >= 0.3 is 0 Å². The zero-order chi connectivity index (χ0) is 107. The molecule has 0 rings (SSSR count). The van der Waals surface area contributed by atoms with Crippen molar-refractivity contribution in [3.8, 4) is 635 Å². The van der Waals surface area contributed by atoms with E-state index < -0.39 is 0 Å². The molecule has 0 fully saturated rings. The summed E-state index contributed by atoms with van der Waals surface area (Å²) in [6.45, 7) is 22.5. The maximum absolute atomic E-state index is 6.86. The van der Waals surface area contributed by atoms with Crippen molar-refractivity contribution in [1.82, 2.24) is 6.15 Å². The molecule has 0 aromatic rings. The van der Waals surface area contributed by atoms with Crippen LogP contribution in [0, 0.1) is 657 Å². The third kappa shape index (κ3) is 438. The Hall–Kier alpha value is -23.6. The van der Waals surface area contributed by atoms with Crippen molar-refractivity contribution in [1.29, 1.82) is 21.8 Å². The van der Waals surface area contributed by atoms with Crippen LogP contribution in [0.1, 0.15) is 97.4 Å². The molecule has 139 heavy (non-hydrogen) atoms. The van der Waals surface area contributed by atoms with Crippen molar-refractivity contribution in [2.75, 3.05) is 0 Å². The Bertz CT molecular complexity index is 7210. The predicted molar refractivity (Wildman–Crippen MR) is 597 cm³/mol. The third-order valence-corrected chi connectivity index (χ3v) is 5.97. The monoisotopic (exact) mass is 2300 g/mol. The van der Waals surface area contributed by atoms with E-state index in [9.17, 15) is 0 Å². The summed E-state index contributed by atoms with van der Waals surface area (Å²) >= 11 is 4.24. The molecule has 0 aromatic carbocycles. The van der Waals surface area contributed by atoms with Crippen molar-refractivity contribution in [2.45, 2.75) is 97.4 Å². The SMILES string of the molecule is C.C#C.C#CC.C#CC#CC.C#CC#CC#C.C#CC#CC#CC.C#CC#CC#CC#CC.C#CC#CC#CC#CC#C.C#CC#CC#CC#CC#CC.C#CC#CC#CC#CC#CC#CC.C#CC#CC#CC#CC#CC#CC#C.C#CC#CC#CC#CC#CC#CC#CC.CC#CC.CC#CC#CC#CC.CC#CC#CC#CC#CC#CC.I.II.N.N#N.N/N=N/N.N=N/N=N/N.[N-]=[N+]=N.[Pt]. The molecule has 0 spiro atoms. The quantitative estimate of drug-likeness (QED) is 0.0217. The molecule has 0 bridgehead atoms. The van der Waals surface area contributed by atoms with Crippen molar-refractivity contribution in [3.05, 3.63) is 10.4 Å². The molecule has 19 heteroatoms. The van der Waals surface area contributed by atoms with Crippen molar-refractivity contribution in [2.24, 2.45) is 43.6 Å². The van der Waals surface area contributed by atoms with Gasteiger partial charge in [0.05, 0.1) is 0 Å². The van der Waals surface area contributed by atoms with Gasteiger partial charge in [0.1, 0.15) is 0 Å². The van der Waals surface area contributed by atoms with Crippen LogP contribution in [-0.2, 0) is 21.1 Å². The maximum Gasteiger partial charge on any atom is 0 e. The first kappa shape index (κ1) is 177. The first-order valence-corrected chi connectivity index (χ1v) is 38.7. The number of halogens is 3. The largest absolute Gasteiger partial charge is 0.344 e. The summed E-state index contributed by atoms with van der Waals surface area (Å²) in [5, 5.41) is 25.0. The van der Waals surface area contributed by atoms with Crippen LogP contribution in [0.15, 0.2) is 26.1 Å². The zero-order valence-corrected chi connectivity index (χ0v) is 85.0. The Labute approximate surface area is 888 Å². The van der Waals surface area contributed by atoms with Crippen LogP contribution >= 0.6 is 61.2 Å². The van der Waals surface area contributed by atoms with Crippen LogP contribution in [0.2, 0.25) is 0 Å². The molecule has 0 aliphatic rings. The average molecular weight is 2300 g/mol. The molecule has 0 saturated heterocycles. The van der Waals surface area contributed by atoms with E-state index in [2.05, 4.69) is 639 Å². The fraction of sp³-hybridized carbons (Fsp3) is 0.117. The van der Waals surface area contributed by atoms with Gasteiger partial charge in [-0.2, -0.15) is 5.53 Å². The fourth-order valence-electron chi connectivity index (χ4n) is 2.46. The minimum absolute atomic E-state index is 0. The molecule has 0 atom stereocenters. The van der Waals surface area contributed by atoms with Gasteiger partial charge in [0.25, 0.3) is 0 Å². The third-order valence-electron chi connectivity index (χ3n) is 5.97. The molecule has 11 N–H and O–H groups in total. The van der Waals surface area contributed by atoms with Crippen molar-refractivity contribution >= 4 is 61.2 Å². The molecule has 0 aromatic heterocycles. The van der Waals surface area contributed by atoms with Gasteiger partial charge in [-0.05, 0) is 573 Å². The van der Waals surface area contributed by atoms with Crippen LogP contribution in [0.5, 0.6) is 0 Å². The number of hydrogen-bond acceptors (Lipinski definition) is 8. The van der Waals surface area contributed by atoms with Crippen molar-refractivity contribution < 1.29 is 21.1 Å². The number of hydrogen-bond donors (Lipinski definition) is 6. The Morgan fingerprint density at radius 2 is 0.302 bits per heavy atom. The topological polar surface area (TPSA) is 307 Å². The average Bonchev–Trinajstić information content (AvgIpc) is 1.13. The Balaban J connectivity index is -0.0000000497. The van der Waals surface area contributed by atoms with Gasteiger partial charge < -0.3 is 23.7 Å². The number of rotatable bonds is 1. The Morgan fingerprint density at radius 3 is 0.353 bits per heavy atom. The van der Waals surface area contributed by atoms with Gasteiger partial charge in [-0.3, -0.25) is 0 Å². The smallest absolute Gasteiger partial charge is 0 e. The molecular formula is C120H70I3N15Pt. The number of nitrogens with two attached hydrogens (primary N) is 3. The minimum Gasteiger partial charge on any atom is -0.344 e. The normalized spacial score (nSPS) is 3.70. The van der Waals surface area contributed by atoms with E-state index in [4.69, 9.17) is 104 Å². The summed E-state index contributed by atoms with van der Waals surface area (Å²) in [5.74, 6) is 234. The van der Waals surface area contributed by atoms with E-state index in [1.165, 1.54) is 0 Å². The molecule has 0 aliphatic carbocycles. The second-order valence-electron chi connectivity index (χ2n) is 13.9.